The van der Waals surface area contributed by atoms with Gasteiger partial charge in [0.05, 0.1) is 19.9 Å². The van der Waals surface area contributed by atoms with E-state index in [0.29, 0.717) is 33.5 Å². The third kappa shape index (κ3) is 4.98. The van der Waals surface area contributed by atoms with Crippen LogP contribution in [0.3, 0.4) is 0 Å². The number of halogens is 1. The van der Waals surface area contributed by atoms with Crippen LogP contribution in [0.2, 0.25) is 5.02 Å². The average molecular weight is 380 g/mol. The summed E-state index contributed by atoms with van der Waals surface area (Å²) in [6.07, 6.45) is 0. The molecule has 0 atom stereocenters. The predicted molar refractivity (Wildman–Crippen MR) is 104 cm³/mol. The molecule has 0 unspecified atom stereocenters. The van der Waals surface area contributed by atoms with E-state index in [1.807, 2.05) is 0 Å². The zero-order valence-corrected chi connectivity index (χ0v) is 15.5. The van der Waals surface area contributed by atoms with E-state index < -0.39 is 0 Å². The fourth-order valence-electron chi connectivity index (χ4n) is 2.07. The molecule has 132 valence electrons. The Hall–Kier alpha value is -2.51. The number of benzene rings is 2. The number of rotatable bonds is 5. The van der Waals surface area contributed by atoms with E-state index in [1.54, 1.807) is 51.5 Å². The van der Waals surface area contributed by atoms with Crippen molar-refractivity contribution in [2.24, 2.45) is 5.10 Å². The van der Waals surface area contributed by atoms with Gasteiger partial charge in [0.25, 0.3) is 0 Å². The highest BCUT2D eigenvalue weighted by molar-refractivity contribution is 7.80. The number of hydrogen-bond donors (Lipinski definition) is 3. The summed E-state index contributed by atoms with van der Waals surface area (Å²) in [4.78, 5) is 0. The van der Waals surface area contributed by atoms with E-state index in [0.717, 1.165) is 0 Å². The zero-order chi connectivity index (χ0) is 18.4. The quantitative estimate of drug-likeness (QED) is 0.417. The second-order valence-corrected chi connectivity index (χ2v) is 5.84. The van der Waals surface area contributed by atoms with Gasteiger partial charge in [0.1, 0.15) is 5.75 Å². The van der Waals surface area contributed by atoms with Gasteiger partial charge >= 0.3 is 0 Å². The van der Waals surface area contributed by atoms with E-state index in [1.165, 1.54) is 6.07 Å². The second-order valence-electron chi connectivity index (χ2n) is 4.99. The van der Waals surface area contributed by atoms with E-state index in [-0.39, 0.29) is 10.9 Å². The molecule has 3 N–H and O–H groups in total. The number of ether oxygens (including phenoxy) is 2. The van der Waals surface area contributed by atoms with Crippen LogP contribution in [0, 0.1) is 0 Å². The lowest BCUT2D eigenvalue weighted by molar-refractivity contribution is 0.355. The summed E-state index contributed by atoms with van der Waals surface area (Å²) in [7, 11) is 3.13. The number of methoxy groups -OCH3 is 2. The minimum Gasteiger partial charge on any atom is -0.507 e. The van der Waals surface area contributed by atoms with Crippen LogP contribution in [0.5, 0.6) is 17.2 Å². The number of phenolic OH excluding ortho intramolecular Hbond substituents is 1. The molecule has 0 bridgehead atoms. The van der Waals surface area contributed by atoms with Crippen LogP contribution in [0.25, 0.3) is 0 Å². The molecule has 0 aliphatic carbocycles. The molecular weight excluding hydrogens is 362 g/mol. The van der Waals surface area contributed by atoms with Gasteiger partial charge in [0, 0.05) is 22.3 Å². The highest BCUT2D eigenvalue weighted by atomic mass is 35.5. The maximum Gasteiger partial charge on any atom is 0.191 e. The van der Waals surface area contributed by atoms with Gasteiger partial charge in [-0.15, -0.1) is 0 Å². The Kier molecular flexibility index (Phi) is 6.44. The number of aromatic hydroxyl groups is 1. The van der Waals surface area contributed by atoms with Gasteiger partial charge in [-0.2, -0.15) is 5.10 Å². The molecule has 0 amide bonds. The maximum absolute atomic E-state index is 9.87. The molecule has 2 rings (SSSR count). The van der Waals surface area contributed by atoms with Gasteiger partial charge in [-0.3, -0.25) is 5.43 Å². The zero-order valence-electron chi connectivity index (χ0n) is 14.0. The Labute approximate surface area is 156 Å². The lowest BCUT2D eigenvalue weighted by Gasteiger charge is -2.12. The highest BCUT2D eigenvalue weighted by Gasteiger charge is 2.07. The van der Waals surface area contributed by atoms with Gasteiger partial charge in [0.2, 0.25) is 0 Å². The minimum atomic E-state index is 0.0891. The first kappa shape index (κ1) is 18.8. The van der Waals surface area contributed by atoms with Crippen molar-refractivity contribution >= 4 is 40.3 Å². The third-order valence-corrected chi connectivity index (χ3v) is 3.74. The van der Waals surface area contributed by atoms with Crippen molar-refractivity contribution in [2.75, 3.05) is 19.5 Å². The summed E-state index contributed by atoms with van der Waals surface area (Å²) in [5, 5.41) is 17.8. The van der Waals surface area contributed by atoms with E-state index in [2.05, 4.69) is 15.8 Å². The summed E-state index contributed by atoms with van der Waals surface area (Å²) in [5.74, 6) is 1.29. The molecule has 2 aromatic rings. The van der Waals surface area contributed by atoms with E-state index >= 15 is 0 Å². The minimum absolute atomic E-state index is 0.0891. The smallest absolute Gasteiger partial charge is 0.191 e. The number of hydrogen-bond acceptors (Lipinski definition) is 5. The molecule has 0 spiro atoms. The molecule has 0 aliphatic rings. The van der Waals surface area contributed by atoms with Crippen LogP contribution < -0.4 is 20.2 Å². The number of anilines is 1. The molecule has 0 saturated carbocycles. The van der Waals surface area contributed by atoms with Crippen molar-refractivity contribution < 1.29 is 14.6 Å². The van der Waals surface area contributed by atoms with Crippen LogP contribution in [0.4, 0.5) is 5.69 Å². The molecule has 0 heterocycles. The van der Waals surface area contributed by atoms with Crippen molar-refractivity contribution in [2.45, 2.75) is 6.92 Å². The largest absolute Gasteiger partial charge is 0.507 e. The molecular formula is C17H18ClN3O3S. The molecule has 0 saturated heterocycles. The van der Waals surface area contributed by atoms with E-state index in [4.69, 9.17) is 33.3 Å². The lowest BCUT2D eigenvalue weighted by atomic mass is 10.1. The molecule has 0 fully saturated rings. The van der Waals surface area contributed by atoms with Crippen molar-refractivity contribution in [3.8, 4) is 17.2 Å². The van der Waals surface area contributed by atoms with Crippen molar-refractivity contribution in [1.82, 2.24) is 5.43 Å². The molecule has 0 radical (unpaired) electrons. The molecule has 25 heavy (non-hydrogen) atoms. The van der Waals surface area contributed by atoms with Gasteiger partial charge in [-0.1, -0.05) is 11.6 Å². The SMILES string of the molecule is COc1ccc(NC(=S)N/N=C(\C)c2cc(Cl)ccc2O)cc1OC. The third-order valence-electron chi connectivity index (χ3n) is 3.31. The van der Waals surface area contributed by atoms with Gasteiger partial charge < -0.3 is 19.9 Å². The molecule has 8 heteroatoms. The fourth-order valence-corrected chi connectivity index (χ4v) is 2.40. The normalized spacial score (nSPS) is 11.0. The van der Waals surface area contributed by atoms with Crippen molar-refractivity contribution in [3.05, 3.63) is 47.0 Å². The van der Waals surface area contributed by atoms with Crippen LogP contribution in [0.1, 0.15) is 12.5 Å². The monoisotopic (exact) mass is 379 g/mol. The molecule has 6 nitrogen and oxygen atoms in total. The number of thiocarbonyl (C=S) groups is 1. The molecule has 2 aromatic carbocycles. The Bertz CT molecular complexity index is 812. The molecule has 0 aromatic heterocycles. The van der Waals surface area contributed by atoms with Crippen molar-refractivity contribution in [3.63, 3.8) is 0 Å². The first-order chi connectivity index (χ1) is 11.9. The summed E-state index contributed by atoms with van der Waals surface area (Å²) >= 11 is 11.2. The summed E-state index contributed by atoms with van der Waals surface area (Å²) in [6.45, 7) is 1.73. The Morgan fingerprint density at radius 1 is 1.12 bits per heavy atom. The van der Waals surface area contributed by atoms with Crippen LogP contribution in [-0.2, 0) is 0 Å². The Balaban J connectivity index is 2.06. The Morgan fingerprint density at radius 3 is 2.52 bits per heavy atom. The number of hydrazone groups is 1. The molecule has 0 aliphatic heterocycles. The maximum atomic E-state index is 9.87. The first-order valence-corrected chi connectivity index (χ1v) is 8.05. The summed E-state index contributed by atoms with van der Waals surface area (Å²) in [6, 6.07) is 10.1. The average Bonchev–Trinajstić information content (AvgIpc) is 2.61. The van der Waals surface area contributed by atoms with Gasteiger partial charge in [-0.05, 0) is 49.5 Å². The highest BCUT2D eigenvalue weighted by Crippen LogP contribution is 2.29. The standard InChI is InChI=1S/C17H18ClN3O3S/c1-10(13-8-11(18)4-6-14(13)22)20-21-17(25)19-12-5-7-15(23-2)16(9-12)24-3/h4-9,22H,1-3H3,(H2,19,21,25)/b20-10+. The van der Waals surface area contributed by atoms with Crippen LogP contribution in [-0.4, -0.2) is 30.2 Å². The number of nitrogens with one attached hydrogen (secondary N) is 2. The topological polar surface area (TPSA) is 75.1 Å². The second kappa shape index (κ2) is 8.55. The summed E-state index contributed by atoms with van der Waals surface area (Å²) in [5.41, 5.74) is 4.50. The predicted octanol–water partition coefficient (Wildman–Crippen LogP) is 3.77. The lowest BCUT2D eigenvalue weighted by Crippen LogP contribution is -2.25. The van der Waals surface area contributed by atoms with Gasteiger partial charge in [-0.25, -0.2) is 0 Å². The summed E-state index contributed by atoms with van der Waals surface area (Å²) < 4.78 is 10.4. The number of nitrogens with zero attached hydrogens (tertiary/aromatic N) is 1. The van der Waals surface area contributed by atoms with Crippen LogP contribution >= 0.6 is 23.8 Å². The first-order valence-electron chi connectivity index (χ1n) is 7.26. The van der Waals surface area contributed by atoms with Crippen LogP contribution in [0.15, 0.2) is 41.5 Å². The van der Waals surface area contributed by atoms with Gasteiger partial charge in [0.15, 0.2) is 16.6 Å². The number of phenols is 1. The fraction of sp³-hybridized carbons (Fsp3) is 0.176. The van der Waals surface area contributed by atoms with E-state index in [9.17, 15) is 5.11 Å². The Morgan fingerprint density at radius 2 is 1.84 bits per heavy atom. The van der Waals surface area contributed by atoms with Crippen molar-refractivity contribution in [1.29, 1.82) is 0 Å².